The van der Waals surface area contributed by atoms with Gasteiger partial charge in [-0.3, -0.25) is 9.59 Å². The molecule has 4 bridgehead atoms. The van der Waals surface area contributed by atoms with Crippen LogP contribution in [0.1, 0.15) is 56.6 Å². The van der Waals surface area contributed by atoms with Crippen LogP contribution in [0.25, 0.3) is 0 Å². The second kappa shape index (κ2) is 8.33. The lowest BCUT2D eigenvalue weighted by Gasteiger charge is -2.59. The number of hydrogen-bond acceptors (Lipinski definition) is 3. The van der Waals surface area contributed by atoms with Gasteiger partial charge in [-0.2, -0.15) is 0 Å². The van der Waals surface area contributed by atoms with E-state index in [1.807, 2.05) is 26.0 Å². The lowest BCUT2D eigenvalue weighted by molar-refractivity contribution is -0.123. The molecule has 0 heterocycles. The first-order valence-electron chi connectivity index (χ1n) is 11.1. The highest BCUT2D eigenvalue weighted by molar-refractivity contribution is 8.00. The minimum atomic E-state index is -0.0520. The summed E-state index contributed by atoms with van der Waals surface area (Å²) in [5.74, 6) is 3.34. The number of thioether (sulfide) groups is 1. The number of carbonyl (C=O) groups is 2. The molecule has 4 saturated carbocycles. The van der Waals surface area contributed by atoms with E-state index < -0.39 is 0 Å². The predicted octanol–water partition coefficient (Wildman–Crippen LogP) is 4.70. The van der Waals surface area contributed by atoms with Gasteiger partial charge in [0.1, 0.15) is 0 Å². The van der Waals surface area contributed by atoms with Gasteiger partial charge in [0, 0.05) is 11.7 Å². The van der Waals surface area contributed by atoms with Crippen LogP contribution >= 0.6 is 11.8 Å². The van der Waals surface area contributed by atoms with Crippen molar-refractivity contribution in [2.75, 3.05) is 16.8 Å². The molecule has 4 nitrogen and oxygen atoms in total. The molecule has 2 N–H and O–H groups in total. The number of rotatable bonds is 7. The summed E-state index contributed by atoms with van der Waals surface area (Å²) in [7, 11) is 0. The Balaban J connectivity index is 1.21. The standard InChI is InChI=1S/C24H34N2O2S/c1-15-4-5-21(16(2)6-15)26-23(28)14-29-13-22(27)25-17(3)24-10-18-7-19(11-24)9-20(8-18)12-24/h4-6,17-20H,7-14H2,1-3H3,(H,25,27)(H,26,28)/t17-,18?,19?,20?,24?/m0/s1. The van der Waals surface area contributed by atoms with Gasteiger partial charge in [-0.1, -0.05) is 17.7 Å². The lowest BCUT2D eigenvalue weighted by Crippen LogP contribution is -2.56. The SMILES string of the molecule is Cc1ccc(NC(=O)CSCC(=O)N[C@@H](C)C23CC4CC(CC(C4)C2)C3)c(C)c1. The van der Waals surface area contributed by atoms with Gasteiger partial charge in [0.15, 0.2) is 0 Å². The molecule has 0 radical (unpaired) electrons. The predicted molar refractivity (Wildman–Crippen MR) is 120 cm³/mol. The van der Waals surface area contributed by atoms with Crippen LogP contribution in [0.15, 0.2) is 18.2 Å². The number of benzene rings is 1. The zero-order valence-electron chi connectivity index (χ0n) is 17.9. The third-order valence-electron chi connectivity index (χ3n) is 7.50. The maximum Gasteiger partial charge on any atom is 0.234 e. The molecule has 1 atom stereocenters. The summed E-state index contributed by atoms with van der Waals surface area (Å²) in [6.07, 6.45) is 8.16. The summed E-state index contributed by atoms with van der Waals surface area (Å²) in [6.45, 7) is 6.25. The van der Waals surface area contributed by atoms with Crippen molar-refractivity contribution in [2.24, 2.45) is 23.2 Å². The van der Waals surface area contributed by atoms with Gasteiger partial charge in [-0.25, -0.2) is 0 Å². The first-order valence-corrected chi connectivity index (χ1v) is 12.2. The third kappa shape index (κ3) is 4.65. The fourth-order valence-electron chi connectivity index (χ4n) is 6.52. The molecule has 4 fully saturated rings. The Kier molecular flexibility index (Phi) is 5.97. The fraction of sp³-hybridized carbons (Fsp3) is 0.667. The summed E-state index contributed by atoms with van der Waals surface area (Å²) in [6, 6.07) is 6.23. The molecule has 29 heavy (non-hydrogen) atoms. The first kappa shape index (κ1) is 20.8. The van der Waals surface area contributed by atoms with Crippen LogP contribution in [0.2, 0.25) is 0 Å². The van der Waals surface area contributed by atoms with Crippen LogP contribution in [0, 0.1) is 37.0 Å². The average Bonchev–Trinajstić information content (AvgIpc) is 2.63. The Morgan fingerprint density at radius 1 is 1.03 bits per heavy atom. The van der Waals surface area contributed by atoms with Gasteiger partial charge in [0.2, 0.25) is 11.8 Å². The number of nitrogens with one attached hydrogen (secondary N) is 2. The highest BCUT2D eigenvalue weighted by Gasteiger charge is 2.53. The maximum atomic E-state index is 12.5. The topological polar surface area (TPSA) is 58.2 Å². The molecule has 4 aliphatic rings. The normalized spacial score (nSPS) is 30.8. The van der Waals surface area contributed by atoms with Crippen molar-refractivity contribution < 1.29 is 9.59 Å². The Morgan fingerprint density at radius 3 is 2.21 bits per heavy atom. The van der Waals surface area contributed by atoms with Crippen LogP contribution in [-0.4, -0.2) is 29.4 Å². The number of aryl methyl sites for hydroxylation is 2. The van der Waals surface area contributed by atoms with E-state index in [1.54, 1.807) is 0 Å². The van der Waals surface area contributed by atoms with Crippen LogP contribution < -0.4 is 10.6 Å². The highest BCUT2D eigenvalue weighted by Crippen LogP contribution is 2.61. The summed E-state index contributed by atoms with van der Waals surface area (Å²) >= 11 is 1.39. The van der Waals surface area contributed by atoms with Gasteiger partial charge >= 0.3 is 0 Å². The van der Waals surface area contributed by atoms with Gasteiger partial charge < -0.3 is 10.6 Å². The minimum Gasteiger partial charge on any atom is -0.352 e. The van der Waals surface area contributed by atoms with Crippen molar-refractivity contribution in [3.8, 4) is 0 Å². The van der Waals surface area contributed by atoms with E-state index in [1.165, 1.54) is 55.9 Å². The molecule has 0 spiro atoms. The average molecular weight is 415 g/mol. The summed E-state index contributed by atoms with van der Waals surface area (Å²) in [5.41, 5.74) is 3.42. The molecule has 5 heteroatoms. The Morgan fingerprint density at radius 2 is 1.62 bits per heavy atom. The van der Waals surface area contributed by atoms with Crippen molar-refractivity contribution in [1.82, 2.24) is 5.32 Å². The highest BCUT2D eigenvalue weighted by atomic mass is 32.2. The van der Waals surface area contributed by atoms with Crippen molar-refractivity contribution in [3.63, 3.8) is 0 Å². The summed E-state index contributed by atoms with van der Waals surface area (Å²) in [5, 5.41) is 6.23. The number of anilines is 1. The molecule has 0 aliphatic heterocycles. The van der Waals surface area contributed by atoms with E-state index >= 15 is 0 Å². The monoisotopic (exact) mass is 414 g/mol. The van der Waals surface area contributed by atoms with Crippen LogP contribution in [0.3, 0.4) is 0 Å². The Labute approximate surface area is 179 Å². The third-order valence-corrected chi connectivity index (χ3v) is 8.44. The minimum absolute atomic E-state index is 0.0520. The number of amides is 2. The van der Waals surface area contributed by atoms with E-state index in [-0.39, 0.29) is 17.9 Å². The first-order chi connectivity index (χ1) is 13.8. The quantitative estimate of drug-likeness (QED) is 0.680. The molecular formula is C24H34N2O2S. The number of hydrogen-bond donors (Lipinski definition) is 2. The molecule has 1 aromatic rings. The van der Waals surface area contributed by atoms with E-state index in [9.17, 15) is 9.59 Å². The largest absolute Gasteiger partial charge is 0.352 e. The molecule has 1 aromatic carbocycles. The molecular weight excluding hydrogens is 380 g/mol. The summed E-state index contributed by atoms with van der Waals surface area (Å²) < 4.78 is 0. The zero-order valence-corrected chi connectivity index (χ0v) is 18.7. The number of carbonyl (C=O) groups excluding carboxylic acids is 2. The smallest absolute Gasteiger partial charge is 0.234 e. The molecule has 4 aliphatic carbocycles. The molecule has 0 unspecified atom stereocenters. The van der Waals surface area contributed by atoms with Crippen LogP contribution in [-0.2, 0) is 9.59 Å². The van der Waals surface area contributed by atoms with Gasteiger partial charge in [0.25, 0.3) is 0 Å². The summed E-state index contributed by atoms with van der Waals surface area (Å²) in [4.78, 5) is 24.7. The van der Waals surface area contributed by atoms with Crippen molar-refractivity contribution in [3.05, 3.63) is 29.3 Å². The second-order valence-electron chi connectivity index (χ2n) is 9.93. The van der Waals surface area contributed by atoms with Crippen LogP contribution in [0.4, 0.5) is 5.69 Å². The van der Waals surface area contributed by atoms with Crippen molar-refractivity contribution in [1.29, 1.82) is 0 Å². The van der Waals surface area contributed by atoms with E-state index in [4.69, 9.17) is 0 Å². The molecule has 2 amide bonds. The second-order valence-corrected chi connectivity index (χ2v) is 10.9. The molecule has 5 rings (SSSR count). The van der Waals surface area contributed by atoms with Crippen molar-refractivity contribution in [2.45, 2.75) is 65.3 Å². The fourth-order valence-corrected chi connectivity index (χ4v) is 7.15. The maximum absolute atomic E-state index is 12.5. The van der Waals surface area contributed by atoms with Crippen molar-refractivity contribution >= 4 is 29.3 Å². The van der Waals surface area contributed by atoms with Gasteiger partial charge in [-0.15, -0.1) is 11.8 Å². The van der Waals surface area contributed by atoms with E-state index in [2.05, 4.69) is 23.6 Å². The molecule has 158 valence electrons. The van der Waals surface area contributed by atoms with E-state index in [0.29, 0.717) is 16.9 Å². The molecule has 0 saturated heterocycles. The lowest BCUT2D eigenvalue weighted by atomic mass is 9.48. The van der Waals surface area contributed by atoms with Gasteiger partial charge in [0.05, 0.1) is 11.5 Å². The Bertz CT molecular complexity index is 756. The molecule has 0 aromatic heterocycles. The Hall–Kier alpha value is -1.49. The van der Waals surface area contributed by atoms with E-state index in [0.717, 1.165) is 29.0 Å². The van der Waals surface area contributed by atoms with Crippen LogP contribution in [0.5, 0.6) is 0 Å². The van der Waals surface area contributed by atoms with Gasteiger partial charge in [-0.05, 0) is 94.1 Å². The zero-order chi connectivity index (χ0) is 20.6.